The molecule has 3 rings (SSSR count). The van der Waals surface area contributed by atoms with Crippen LogP contribution >= 0.6 is 0 Å². The van der Waals surface area contributed by atoms with E-state index < -0.39 is 10.0 Å². The van der Waals surface area contributed by atoms with Crippen molar-refractivity contribution < 1.29 is 17.9 Å². The molecule has 0 saturated heterocycles. The number of ether oxygens (including phenoxy) is 1. The van der Waals surface area contributed by atoms with E-state index in [1.165, 1.54) is 29.6 Å². The van der Waals surface area contributed by atoms with Crippen molar-refractivity contribution in [3.05, 3.63) is 83.9 Å². The van der Waals surface area contributed by atoms with Crippen LogP contribution in [-0.2, 0) is 14.8 Å². The van der Waals surface area contributed by atoms with E-state index in [4.69, 9.17) is 4.74 Å². The van der Waals surface area contributed by atoms with Crippen LogP contribution in [-0.4, -0.2) is 45.4 Å². The molecule has 0 aliphatic heterocycles. The zero-order valence-corrected chi connectivity index (χ0v) is 20.9. The van der Waals surface area contributed by atoms with Gasteiger partial charge in [0.1, 0.15) is 5.75 Å². The summed E-state index contributed by atoms with van der Waals surface area (Å²) < 4.78 is 32.4. The van der Waals surface area contributed by atoms with Crippen LogP contribution in [0.1, 0.15) is 25.0 Å². The van der Waals surface area contributed by atoms with Gasteiger partial charge in [0.25, 0.3) is 0 Å². The second-order valence-electron chi connectivity index (χ2n) is 7.55. The highest BCUT2D eigenvalue weighted by molar-refractivity contribution is 7.89. The number of carbonyl (C=O) groups excluding carboxylic acids is 1. The Kier molecular flexibility index (Phi) is 8.90. The molecule has 0 bridgehead atoms. The third kappa shape index (κ3) is 6.85. The Morgan fingerprint density at radius 2 is 1.60 bits per heavy atom. The van der Waals surface area contributed by atoms with E-state index in [1.807, 2.05) is 54.6 Å². The Bertz CT molecular complexity index is 1330. The molecule has 0 aliphatic carbocycles. The lowest BCUT2D eigenvalue weighted by Crippen LogP contribution is -2.30. The minimum atomic E-state index is -3.67. The van der Waals surface area contributed by atoms with E-state index in [2.05, 4.69) is 22.5 Å². The van der Waals surface area contributed by atoms with Gasteiger partial charge in [-0.05, 0) is 48.5 Å². The summed E-state index contributed by atoms with van der Waals surface area (Å²) in [5.74, 6) is 6.25. The monoisotopic (exact) mass is 491 g/mol. The summed E-state index contributed by atoms with van der Waals surface area (Å²) in [6.45, 7) is 4.24. The molecule has 35 heavy (non-hydrogen) atoms. The number of nitrogens with zero attached hydrogens (tertiary/aromatic N) is 1. The van der Waals surface area contributed by atoms with Gasteiger partial charge < -0.3 is 15.4 Å². The molecule has 0 heterocycles. The molecule has 3 aromatic rings. The number of hydrogen-bond acceptors (Lipinski definition) is 5. The summed E-state index contributed by atoms with van der Waals surface area (Å²) >= 11 is 0. The van der Waals surface area contributed by atoms with Crippen molar-refractivity contribution in [1.29, 1.82) is 0 Å². The third-order valence-electron chi connectivity index (χ3n) is 5.23. The lowest BCUT2D eigenvalue weighted by atomic mass is 10.1. The Morgan fingerprint density at radius 1 is 0.914 bits per heavy atom. The van der Waals surface area contributed by atoms with Crippen LogP contribution < -0.4 is 15.4 Å². The van der Waals surface area contributed by atoms with E-state index >= 15 is 0 Å². The summed E-state index contributed by atoms with van der Waals surface area (Å²) in [6.07, 6.45) is 0. The maximum atomic E-state index is 12.9. The van der Waals surface area contributed by atoms with Crippen LogP contribution in [0.3, 0.4) is 0 Å². The number of hydrogen-bond donors (Lipinski definition) is 2. The van der Waals surface area contributed by atoms with Gasteiger partial charge in [0, 0.05) is 29.9 Å². The van der Waals surface area contributed by atoms with Crippen LogP contribution in [0, 0.1) is 11.8 Å². The fourth-order valence-electron chi connectivity index (χ4n) is 3.41. The summed E-state index contributed by atoms with van der Waals surface area (Å²) in [4.78, 5) is 12.7. The van der Waals surface area contributed by atoms with Gasteiger partial charge in [-0.15, -0.1) is 0 Å². The molecule has 0 unspecified atom stereocenters. The van der Waals surface area contributed by atoms with Gasteiger partial charge in [0.2, 0.25) is 15.9 Å². The van der Waals surface area contributed by atoms with Crippen molar-refractivity contribution in [2.75, 3.05) is 37.4 Å². The van der Waals surface area contributed by atoms with E-state index in [9.17, 15) is 13.2 Å². The fourth-order valence-corrected chi connectivity index (χ4v) is 4.89. The van der Waals surface area contributed by atoms with E-state index in [0.29, 0.717) is 18.8 Å². The minimum Gasteiger partial charge on any atom is -0.495 e. The predicted octanol–water partition coefficient (Wildman–Crippen LogP) is 4.18. The zero-order valence-electron chi connectivity index (χ0n) is 20.0. The van der Waals surface area contributed by atoms with Crippen LogP contribution in [0.2, 0.25) is 0 Å². The molecule has 0 saturated carbocycles. The molecule has 0 radical (unpaired) electrons. The number of carbonyl (C=O) groups is 1. The lowest BCUT2D eigenvalue weighted by Gasteiger charge is -2.19. The molecule has 3 aromatic carbocycles. The van der Waals surface area contributed by atoms with Crippen molar-refractivity contribution in [3.8, 4) is 17.6 Å². The summed E-state index contributed by atoms with van der Waals surface area (Å²) in [5, 5.41) is 5.82. The van der Waals surface area contributed by atoms with E-state index in [-0.39, 0.29) is 23.0 Å². The third-order valence-corrected chi connectivity index (χ3v) is 7.27. The van der Waals surface area contributed by atoms with Crippen molar-refractivity contribution in [2.24, 2.45) is 0 Å². The average Bonchev–Trinajstić information content (AvgIpc) is 2.87. The molecule has 1 amide bonds. The van der Waals surface area contributed by atoms with Crippen LogP contribution in [0.5, 0.6) is 5.75 Å². The SMILES string of the molecule is CCN(CC)S(=O)(=O)c1ccc(OC)c(NC(=O)CNc2cccc(C#Cc3ccccc3)c2)c1. The molecule has 182 valence electrons. The lowest BCUT2D eigenvalue weighted by molar-refractivity contribution is -0.114. The Morgan fingerprint density at radius 3 is 2.29 bits per heavy atom. The highest BCUT2D eigenvalue weighted by Gasteiger charge is 2.23. The standard InChI is InChI=1S/C27H29N3O4S/c1-4-30(5-2)35(32,33)24-16-17-26(34-3)25(19-24)29-27(31)20-28-23-13-9-12-22(18-23)15-14-21-10-7-6-8-11-21/h6-13,16-19,28H,4-5,20H2,1-3H3,(H,29,31). The number of benzene rings is 3. The van der Waals surface area contributed by atoms with E-state index in [0.717, 1.165) is 16.8 Å². The first-order chi connectivity index (χ1) is 16.9. The number of rotatable bonds is 9. The number of anilines is 2. The molecule has 2 N–H and O–H groups in total. The van der Waals surface area contributed by atoms with Gasteiger partial charge in [-0.3, -0.25) is 4.79 Å². The number of methoxy groups -OCH3 is 1. The first-order valence-electron chi connectivity index (χ1n) is 11.3. The van der Waals surface area contributed by atoms with Gasteiger partial charge >= 0.3 is 0 Å². The smallest absolute Gasteiger partial charge is 0.243 e. The molecule has 0 spiro atoms. The topological polar surface area (TPSA) is 87.7 Å². The maximum absolute atomic E-state index is 12.9. The van der Waals surface area contributed by atoms with Gasteiger partial charge in [0.05, 0.1) is 24.2 Å². The number of sulfonamides is 1. The average molecular weight is 492 g/mol. The molecule has 7 nitrogen and oxygen atoms in total. The van der Waals surface area contributed by atoms with Gasteiger partial charge in [-0.25, -0.2) is 8.42 Å². The predicted molar refractivity (Wildman–Crippen MR) is 139 cm³/mol. The van der Waals surface area contributed by atoms with Crippen LogP contribution in [0.25, 0.3) is 0 Å². The van der Waals surface area contributed by atoms with Crippen molar-refractivity contribution in [3.63, 3.8) is 0 Å². The Balaban J connectivity index is 1.69. The largest absolute Gasteiger partial charge is 0.495 e. The Hall–Kier alpha value is -3.80. The second-order valence-corrected chi connectivity index (χ2v) is 9.49. The highest BCUT2D eigenvalue weighted by atomic mass is 32.2. The summed E-state index contributed by atoms with van der Waals surface area (Å²) in [7, 11) is -2.21. The van der Waals surface area contributed by atoms with Crippen LogP contribution in [0.15, 0.2) is 77.7 Å². The van der Waals surface area contributed by atoms with Crippen molar-refractivity contribution in [2.45, 2.75) is 18.7 Å². The molecular formula is C27H29N3O4S. The summed E-state index contributed by atoms with van der Waals surface area (Å²) in [5.41, 5.74) is 2.76. The number of amides is 1. The van der Waals surface area contributed by atoms with Gasteiger partial charge in [-0.1, -0.05) is 50.0 Å². The van der Waals surface area contributed by atoms with E-state index in [1.54, 1.807) is 13.8 Å². The number of nitrogens with one attached hydrogen (secondary N) is 2. The molecule has 0 atom stereocenters. The molecule has 0 aromatic heterocycles. The highest BCUT2D eigenvalue weighted by Crippen LogP contribution is 2.29. The Labute approximate surface area is 207 Å². The molecular weight excluding hydrogens is 462 g/mol. The minimum absolute atomic E-state index is 0.0221. The molecule has 8 heteroatoms. The fraction of sp³-hybridized carbons (Fsp3) is 0.222. The zero-order chi connectivity index (χ0) is 25.3. The second kappa shape index (κ2) is 12.1. The van der Waals surface area contributed by atoms with Crippen molar-refractivity contribution >= 4 is 27.3 Å². The van der Waals surface area contributed by atoms with Crippen molar-refractivity contribution in [1.82, 2.24) is 4.31 Å². The maximum Gasteiger partial charge on any atom is 0.243 e. The molecule has 0 fully saturated rings. The normalized spacial score (nSPS) is 10.9. The first-order valence-corrected chi connectivity index (χ1v) is 12.7. The van der Waals surface area contributed by atoms with Crippen LogP contribution in [0.4, 0.5) is 11.4 Å². The molecule has 0 aliphatic rings. The summed E-state index contributed by atoms with van der Waals surface area (Å²) in [6, 6.07) is 21.6. The quantitative estimate of drug-likeness (QED) is 0.439. The van der Waals surface area contributed by atoms with Gasteiger partial charge in [0.15, 0.2) is 0 Å². The van der Waals surface area contributed by atoms with Gasteiger partial charge in [-0.2, -0.15) is 4.31 Å². The first kappa shape index (κ1) is 25.8.